The van der Waals surface area contributed by atoms with Gasteiger partial charge in [-0.25, -0.2) is 0 Å². The summed E-state index contributed by atoms with van der Waals surface area (Å²) < 4.78 is 0. The van der Waals surface area contributed by atoms with E-state index in [-0.39, 0.29) is 0 Å². The zero-order valence-electron chi connectivity index (χ0n) is 33.5. The summed E-state index contributed by atoms with van der Waals surface area (Å²) in [5.74, 6) is 0. The van der Waals surface area contributed by atoms with Crippen LogP contribution < -0.4 is 10.2 Å². The molecule has 1 aliphatic carbocycles. The Morgan fingerprint density at radius 2 is 0.783 bits per heavy atom. The van der Waals surface area contributed by atoms with E-state index in [9.17, 15) is 0 Å². The van der Waals surface area contributed by atoms with Crippen LogP contribution in [0.3, 0.4) is 0 Å². The van der Waals surface area contributed by atoms with Gasteiger partial charge in [0.25, 0.3) is 0 Å². The average Bonchev–Trinajstić information content (AvgIpc) is 3.34. The minimum atomic E-state index is 0.984. The Balaban J connectivity index is 0.959. The van der Waals surface area contributed by atoms with Crippen molar-refractivity contribution in [1.29, 1.82) is 0 Å². The van der Waals surface area contributed by atoms with Gasteiger partial charge in [-0.1, -0.05) is 194 Å². The normalized spacial score (nSPS) is 12.8. The van der Waals surface area contributed by atoms with E-state index in [0.29, 0.717) is 0 Å². The van der Waals surface area contributed by atoms with Crippen molar-refractivity contribution in [3.63, 3.8) is 0 Å². The molecule has 0 saturated heterocycles. The van der Waals surface area contributed by atoms with Gasteiger partial charge in [0.05, 0.1) is 0 Å². The molecule has 1 aliphatic rings. The topological polar surface area (TPSA) is 15.3 Å². The van der Waals surface area contributed by atoms with Crippen LogP contribution in [0.1, 0.15) is 24.0 Å². The fourth-order valence-electron chi connectivity index (χ4n) is 7.80. The highest BCUT2D eigenvalue weighted by Crippen LogP contribution is 2.38. The van der Waals surface area contributed by atoms with Crippen molar-refractivity contribution >= 4 is 34.4 Å². The molecule has 0 aliphatic heterocycles. The number of allylic oxidation sites excluding steroid dienone is 6. The van der Waals surface area contributed by atoms with E-state index >= 15 is 0 Å². The molecular formula is C58H46N2. The van der Waals surface area contributed by atoms with E-state index in [1.54, 1.807) is 0 Å². The molecule has 0 fully saturated rings. The Bertz CT molecular complexity index is 2660. The highest BCUT2D eigenvalue weighted by Gasteiger charge is 2.15. The molecule has 8 aromatic rings. The van der Waals surface area contributed by atoms with E-state index in [2.05, 4.69) is 253 Å². The molecule has 1 N–H and O–H groups in total. The molecule has 0 heterocycles. The van der Waals surface area contributed by atoms with Gasteiger partial charge in [-0.15, -0.1) is 0 Å². The van der Waals surface area contributed by atoms with E-state index < -0.39 is 0 Å². The van der Waals surface area contributed by atoms with Gasteiger partial charge in [-0.05, 0) is 123 Å². The van der Waals surface area contributed by atoms with Crippen LogP contribution in [0.5, 0.6) is 0 Å². The van der Waals surface area contributed by atoms with Crippen LogP contribution in [0.15, 0.2) is 254 Å². The Morgan fingerprint density at radius 1 is 0.383 bits per heavy atom. The lowest BCUT2D eigenvalue weighted by Gasteiger charge is -2.26. The van der Waals surface area contributed by atoms with Crippen LogP contribution in [-0.4, -0.2) is 0 Å². The van der Waals surface area contributed by atoms with Crippen molar-refractivity contribution in [1.82, 2.24) is 0 Å². The monoisotopic (exact) mass is 770 g/mol. The third-order valence-corrected chi connectivity index (χ3v) is 11.1. The molecule has 0 spiro atoms. The van der Waals surface area contributed by atoms with Crippen molar-refractivity contribution in [3.8, 4) is 33.4 Å². The molecule has 288 valence electrons. The lowest BCUT2D eigenvalue weighted by molar-refractivity contribution is 0.993. The first-order chi connectivity index (χ1) is 29.7. The number of nitrogens with zero attached hydrogens (tertiary/aromatic N) is 1. The predicted molar refractivity (Wildman–Crippen MR) is 256 cm³/mol. The molecule has 0 bridgehead atoms. The molecule has 0 saturated carbocycles. The van der Waals surface area contributed by atoms with Gasteiger partial charge in [-0.2, -0.15) is 0 Å². The fraction of sp³-hybridized carbons (Fsp3) is 0.0345. The molecule has 0 aromatic heterocycles. The summed E-state index contributed by atoms with van der Waals surface area (Å²) in [4.78, 5) is 2.33. The number of benzene rings is 8. The van der Waals surface area contributed by atoms with Crippen LogP contribution in [0.2, 0.25) is 0 Å². The van der Waals surface area contributed by atoms with Crippen LogP contribution in [0, 0.1) is 0 Å². The van der Waals surface area contributed by atoms with Crippen molar-refractivity contribution in [2.45, 2.75) is 12.8 Å². The van der Waals surface area contributed by atoms with E-state index in [4.69, 9.17) is 0 Å². The quantitative estimate of drug-likeness (QED) is 0.125. The lowest BCUT2D eigenvalue weighted by Crippen LogP contribution is -2.09. The molecule has 2 nitrogen and oxygen atoms in total. The molecule has 8 aromatic carbocycles. The van der Waals surface area contributed by atoms with Crippen molar-refractivity contribution < 1.29 is 0 Å². The second kappa shape index (κ2) is 18.3. The lowest BCUT2D eigenvalue weighted by atomic mass is 9.90. The highest BCUT2D eigenvalue weighted by molar-refractivity contribution is 5.81. The molecule has 60 heavy (non-hydrogen) atoms. The van der Waals surface area contributed by atoms with Gasteiger partial charge in [0.1, 0.15) is 0 Å². The minimum Gasteiger partial charge on any atom is -0.361 e. The highest BCUT2D eigenvalue weighted by atomic mass is 15.1. The van der Waals surface area contributed by atoms with Gasteiger partial charge in [-0.3, -0.25) is 0 Å². The maximum atomic E-state index is 3.53. The summed E-state index contributed by atoms with van der Waals surface area (Å²) in [6, 6.07) is 77.6. The van der Waals surface area contributed by atoms with E-state index in [0.717, 1.165) is 41.2 Å². The first-order valence-corrected chi connectivity index (χ1v) is 20.7. The summed E-state index contributed by atoms with van der Waals surface area (Å²) in [5, 5.41) is 3.53. The van der Waals surface area contributed by atoms with Crippen molar-refractivity contribution in [2.75, 3.05) is 10.2 Å². The number of nitrogens with one attached hydrogen (secondary N) is 1. The predicted octanol–water partition coefficient (Wildman–Crippen LogP) is 16.0. The molecule has 0 radical (unpaired) electrons. The summed E-state index contributed by atoms with van der Waals surface area (Å²) in [5.41, 5.74) is 17.9. The van der Waals surface area contributed by atoms with Crippen molar-refractivity contribution in [2.24, 2.45) is 0 Å². The van der Waals surface area contributed by atoms with Gasteiger partial charge in [0.2, 0.25) is 0 Å². The Labute approximate surface area is 354 Å². The molecule has 2 heteroatoms. The Hall–Kier alpha value is -7.68. The number of hydrogen-bond acceptors (Lipinski definition) is 2. The maximum absolute atomic E-state index is 3.53. The van der Waals surface area contributed by atoms with Crippen LogP contribution in [0.4, 0.5) is 22.7 Å². The maximum Gasteiger partial charge on any atom is 0.0462 e. The number of anilines is 4. The van der Waals surface area contributed by atoms with Gasteiger partial charge in [0.15, 0.2) is 0 Å². The molecule has 0 amide bonds. The van der Waals surface area contributed by atoms with Crippen molar-refractivity contribution in [3.05, 3.63) is 265 Å². The molecule has 0 unspecified atom stereocenters. The zero-order valence-corrected chi connectivity index (χ0v) is 33.5. The second-order valence-electron chi connectivity index (χ2n) is 15.0. The third-order valence-electron chi connectivity index (χ3n) is 11.1. The zero-order chi connectivity index (χ0) is 40.4. The second-order valence-corrected chi connectivity index (χ2v) is 15.0. The molecule has 0 atom stereocenters. The Kier molecular flexibility index (Phi) is 11.5. The number of para-hydroxylation sites is 1. The van der Waals surface area contributed by atoms with Crippen LogP contribution >= 0.6 is 0 Å². The Morgan fingerprint density at radius 3 is 1.22 bits per heavy atom. The third kappa shape index (κ3) is 9.05. The minimum absolute atomic E-state index is 0.984. The largest absolute Gasteiger partial charge is 0.361 e. The summed E-state index contributed by atoms with van der Waals surface area (Å²) in [7, 11) is 0. The van der Waals surface area contributed by atoms with E-state index in [1.807, 2.05) is 6.07 Å². The summed E-state index contributed by atoms with van der Waals surface area (Å²) in [6.45, 7) is 0. The van der Waals surface area contributed by atoms with Gasteiger partial charge < -0.3 is 10.2 Å². The average molecular weight is 771 g/mol. The first-order valence-electron chi connectivity index (χ1n) is 20.7. The van der Waals surface area contributed by atoms with Crippen LogP contribution in [0.25, 0.3) is 45.0 Å². The van der Waals surface area contributed by atoms with Gasteiger partial charge >= 0.3 is 0 Å². The first kappa shape index (κ1) is 37.9. The smallest absolute Gasteiger partial charge is 0.0462 e. The molecular weight excluding hydrogens is 725 g/mol. The fourth-order valence-corrected chi connectivity index (χ4v) is 7.80. The van der Waals surface area contributed by atoms with E-state index in [1.165, 1.54) is 55.7 Å². The summed E-state index contributed by atoms with van der Waals surface area (Å²) >= 11 is 0. The van der Waals surface area contributed by atoms with Crippen LogP contribution in [-0.2, 0) is 0 Å². The summed E-state index contributed by atoms with van der Waals surface area (Å²) in [6.07, 6.45) is 13.1. The number of hydrogen-bond donors (Lipinski definition) is 1. The SMILES string of the molecule is C1=C(C(/C=C\c2ccc(-c3ccc(N(c4ccc(-c5ccccc5)cc4)c4ccc(-c5ccccc5)cc4)cc3)cc2)=C/Nc2ccccc2)CCC(c2ccccc2)=C1. The van der Waals surface area contributed by atoms with Gasteiger partial charge in [0, 0.05) is 28.9 Å². The standard InChI is InChI=1S/C58H46N2/c1-5-13-45(14-6-1)49-27-29-53(30-28-49)54(43-59-55-19-11-4-12-20-55)26-23-44-21-24-48(25-22-44)52-35-41-58(42-36-52)60(56-37-31-50(32-38-56)46-15-7-2-8-16-46)57-39-33-51(34-40-57)47-17-9-3-10-18-47/h1-27,29,31-43,59H,28,30H2/b26-23-,54-43+. The molecule has 9 rings (SSSR count). The number of rotatable bonds is 12.